The van der Waals surface area contributed by atoms with E-state index in [1.807, 2.05) is 58.0 Å². The Kier molecular flexibility index (Phi) is 5.68. The van der Waals surface area contributed by atoms with Crippen LogP contribution in [0, 0.1) is 0 Å². The Morgan fingerprint density at radius 3 is 2.42 bits per heavy atom. The van der Waals surface area contributed by atoms with Gasteiger partial charge in [0.1, 0.15) is 11.1 Å². The number of ether oxygens (including phenoxy) is 1. The molecule has 0 saturated carbocycles. The van der Waals surface area contributed by atoms with E-state index in [0.717, 1.165) is 24.8 Å². The number of benzene rings is 1. The zero-order valence-electron chi connectivity index (χ0n) is 15.3. The molecule has 1 saturated heterocycles. The summed E-state index contributed by atoms with van der Waals surface area (Å²) in [4.78, 5) is 27.7. The highest BCUT2D eigenvalue weighted by Crippen LogP contribution is 2.40. The molecule has 0 spiro atoms. The average molecular weight is 331 g/mol. The first-order valence-electron chi connectivity index (χ1n) is 8.90. The van der Waals surface area contributed by atoms with Crippen LogP contribution in [0.1, 0.15) is 65.4 Å². The maximum atomic E-state index is 13.2. The topological polar surface area (TPSA) is 46.6 Å². The molecule has 0 bridgehead atoms. The maximum absolute atomic E-state index is 13.2. The average Bonchev–Trinajstić information content (AvgIpc) is 2.54. The first-order chi connectivity index (χ1) is 11.3. The predicted octanol–water partition coefficient (Wildman–Crippen LogP) is 4.67. The van der Waals surface area contributed by atoms with Crippen molar-refractivity contribution in [2.75, 3.05) is 6.54 Å². The van der Waals surface area contributed by atoms with Crippen LogP contribution in [0.4, 0.5) is 4.79 Å². The number of amides is 1. The number of ketones is 1. The molecule has 1 aromatic rings. The van der Waals surface area contributed by atoms with E-state index in [1.165, 1.54) is 0 Å². The second-order valence-electron chi connectivity index (χ2n) is 7.49. The molecule has 0 aliphatic carbocycles. The third kappa shape index (κ3) is 3.80. The third-order valence-electron chi connectivity index (χ3n) is 4.43. The quantitative estimate of drug-likeness (QED) is 0.805. The van der Waals surface area contributed by atoms with Crippen LogP contribution in [0.2, 0.25) is 0 Å². The molecule has 4 nitrogen and oxygen atoms in total. The van der Waals surface area contributed by atoms with Crippen molar-refractivity contribution < 1.29 is 14.3 Å². The first kappa shape index (κ1) is 18.5. The van der Waals surface area contributed by atoms with Gasteiger partial charge in [0.25, 0.3) is 0 Å². The second kappa shape index (κ2) is 7.37. The Labute approximate surface area is 145 Å². The van der Waals surface area contributed by atoms with Crippen molar-refractivity contribution in [1.29, 1.82) is 0 Å². The minimum atomic E-state index is -0.891. The van der Waals surface area contributed by atoms with Crippen LogP contribution in [0.15, 0.2) is 30.3 Å². The number of carbonyl (C=O) groups excluding carboxylic acids is 2. The van der Waals surface area contributed by atoms with Crippen LogP contribution in [0.3, 0.4) is 0 Å². The molecule has 0 radical (unpaired) electrons. The van der Waals surface area contributed by atoms with Crippen LogP contribution < -0.4 is 0 Å². The third-order valence-corrected chi connectivity index (χ3v) is 4.43. The standard InChI is InChI=1S/C20H29NO3/c1-5-11-17(22)20(16-12-7-6-8-13-16)14-9-10-15-21(20)18(23)24-19(2,3)4/h6-8,12-13H,5,9-11,14-15H2,1-4H3. The number of nitrogens with zero attached hydrogens (tertiary/aromatic N) is 1. The molecule has 132 valence electrons. The summed E-state index contributed by atoms with van der Waals surface area (Å²) in [5, 5.41) is 0. The lowest BCUT2D eigenvalue weighted by Gasteiger charge is -2.46. The van der Waals surface area contributed by atoms with Crippen molar-refractivity contribution in [2.45, 2.75) is 70.9 Å². The number of carbonyl (C=O) groups is 2. The fourth-order valence-corrected chi connectivity index (χ4v) is 3.44. The summed E-state index contributed by atoms with van der Waals surface area (Å²) in [6.07, 6.45) is 3.34. The Balaban J connectivity index is 2.48. The van der Waals surface area contributed by atoms with Crippen molar-refractivity contribution in [3.63, 3.8) is 0 Å². The van der Waals surface area contributed by atoms with Gasteiger partial charge in [0.2, 0.25) is 0 Å². The zero-order valence-corrected chi connectivity index (χ0v) is 15.3. The Morgan fingerprint density at radius 2 is 1.83 bits per heavy atom. The van der Waals surface area contributed by atoms with Crippen LogP contribution in [-0.2, 0) is 15.1 Å². The van der Waals surface area contributed by atoms with E-state index in [9.17, 15) is 9.59 Å². The van der Waals surface area contributed by atoms with E-state index in [-0.39, 0.29) is 5.78 Å². The largest absolute Gasteiger partial charge is 0.444 e. The molecule has 1 fully saturated rings. The number of likely N-dealkylation sites (tertiary alicyclic amines) is 1. The molecule has 4 heteroatoms. The van der Waals surface area contributed by atoms with Gasteiger partial charge < -0.3 is 4.74 Å². The second-order valence-corrected chi connectivity index (χ2v) is 7.49. The van der Waals surface area contributed by atoms with Crippen molar-refractivity contribution in [2.24, 2.45) is 0 Å². The number of Topliss-reactive ketones (excluding diaryl/α,β-unsaturated/α-hetero) is 1. The molecule has 0 aromatic heterocycles. The van der Waals surface area contributed by atoms with Gasteiger partial charge in [-0.1, -0.05) is 37.3 Å². The summed E-state index contributed by atoms with van der Waals surface area (Å²) in [6, 6.07) is 9.70. The van der Waals surface area contributed by atoms with E-state index < -0.39 is 17.2 Å². The number of piperidine rings is 1. The summed E-state index contributed by atoms with van der Waals surface area (Å²) in [6.45, 7) is 8.11. The molecule has 1 aliphatic heterocycles. The summed E-state index contributed by atoms with van der Waals surface area (Å²) in [5.41, 5.74) is -0.572. The highest BCUT2D eigenvalue weighted by Gasteiger charge is 2.49. The molecule has 1 aliphatic rings. The summed E-state index contributed by atoms with van der Waals surface area (Å²) < 4.78 is 5.62. The maximum Gasteiger partial charge on any atom is 0.411 e. The van der Waals surface area contributed by atoms with E-state index in [2.05, 4.69) is 0 Å². The lowest BCUT2D eigenvalue weighted by molar-refractivity contribution is -0.134. The van der Waals surface area contributed by atoms with Crippen molar-refractivity contribution in [1.82, 2.24) is 4.90 Å². The molecule has 1 unspecified atom stereocenters. The molecule has 1 aromatic carbocycles. The lowest BCUT2D eigenvalue weighted by atomic mass is 9.76. The smallest absolute Gasteiger partial charge is 0.411 e. The zero-order chi connectivity index (χ0) is 17.8. The van der Waals surface area contributed by atoms with Crippen LogP contribution in [0.5, 0.6) is 0 Å². The van der Waals surface area contributed by atoms with Gasteiger partial charge in [-0.05, 0) is 52.0 Å². The highest BCUT2D eigenvalue weighted by molar-refractivity contribution is 5.93. The molecule has 1 heterocycles. The van der Waals surface area contributed by atoms with Crippen LogP contribution in [0.25, 0.3) is 0 Å². The lowest BCUT2D eigenvalue weighted by Crippen LogP contribution is -2.57. The fraction of sp³-hybridized carbons (Fsp3) is 0.600. The summed E-state index contributed by atoms with van der Waals surface area (Å²) in [7, 11) is 0. The minimum Gasteiger partial charge on any atom is -0.444 e. The van der Waals surface area contributed by atoms with E-state index >= 15 is 0 Å². The van der Waals surface area contributed by atoms with Gasteiger partial charge in [0.15, 0.2) is 5.78 Å². The van der Waals surface area contributed by atoms with Crippen molar-refractivity contribution in [3.05, 3.63) is 35.9 Å². The van der Waals surface area contributed by atoms with Gasteiger partial charge >= 0.3 is 6.09 Å². The fourth-order valence-electron chi connectivity index (χ4n) is 3.44. The van der Waals surface area contributed by atoms with Crippen LogP contribution in [-0.4, -0.2) is 28.9 Å². The van der Waals surface area contributed by atoms with Gasteiger partial charge in [-0.2, -0.15) is 0 Å². The molecule has 2 rings (SSSR count). The Hall–Kier alpha value is -1.84. The van der Waals surface area contributed by atoms with E-state index in [4.69, 9.17) is 4.74 Å². The monoisotopic (exact) mass is 331 g/mol. The Bertz CT molecular complexity index is 576. The van der Waals surface area contributed by atoms with Gasteiger partial charge in [0.05, 0.1) is 0 Å². The summed E-state index contributed by atoms with van der Waals surface area (Å²) in [5.74, 6) is 0.113. The minimum absolute atomic E-state index is 0.113. The van der Waals surface area contributed by atoms with E-state index in [0.29, 0.717) is 19.4 Å². The number of hydrogen-bond acceptors (Lipinski definition) is 3. The first-order valence-corrected chi connectivity index (χ1v) is 8.90. The van der Waals surface area contributed by atoms with Crippen molar-refractivity contribution >= 4 is 11.9 Å². The van der Waals surface area contributed by atoms with Crippen LogP contribution >= 0.6 is 0 Å². The van der Waals surface area contributed by atoms with Gasteiger partial charge in [-0.15, -0.1) is 0 Å². The molecular formula is C20H29NO3. The highest BCUT2D eigenvalue weighted by atomic mass is 16.6. The summed E-state index contributed by atoms with van der Waals surface area (Å²) >= 11 is 0. The molecule has 0 N–H and O–H groups in total. The molecular weight excluding hydrogens is 302 g/mol. The SMILES string of the molecule is CCCC(=O)C1(c2ccccc2)CCCCN1C(=O)OC(C)(C)C. The molecule has 24 heavy (non-hydrogen) atoms. The number of hydrogen-bond donors (Lipinski definition) is 0. The van der Waals surface area contributed by atoms with Crippen molar-refractivity contribution in [3.8, 4) is 0 Å². The Morgan fingerprint density at radius 1 is 1.17 bits per heavy atom. The molecule has 1 atom stereocenters. The number of rotatable bonds is 4. The van der Waals surface area contributed by atoms with E-state index in [1.54, 1.807) is 4.90 Å². The van der Waals surface area contributed by atoms with Gasteiger partial charge in [0, 0.05) is 13.0 Å². The normalized spacial score (nSPS) is 21.4. The van der Waals surface area contributed by atoms with Gasteiger partial charge in [-0.3, -0.25) is 9.69 Å². The predicted molar refractivity (Wildman–Crippen MR) is 94.8 cm³/mol. The van der Waals surface area contributed by atoms with Gasteiger partial charge in [-0.25, -0.2) is 4.79 Å². The molecule has 1 amide bonds.